The van der Waals surface area contributed by atoms with Gasteiger partial charge in [0, 0.05) is 30.8 Å². The van der Waals surface area contributed by atoms with Gasteiger partial charge in [-0.3, -0.25) is 39.5 Å². The third-order valence-electron chi connectivity index (χ3n) is 25.0. The van der Waals surface area contributed by atoms with E-state index in [1.54, 1.807) is 23.5 Å². The number of rotatable bonds is 27. The predicted octanol–water partition coefficient (Wildman–Crippen LogP) is 12.7. The maximum atomic E-state index is 12.2. The van der Waals surface area contributed by atoms with Crippen LogP contribution in [0.3, 0.4) is 0 Å². The van der Waals surface area contributed by atoms with Crippen molar-refractivity contribution >= 4 is 93.0 Å². The van der Waals surface area contributed by atoms with Crippen LogP contribution < -0.4 is 31.9 Å². The molecule has 35 nitrogen and oxygen atoms in total. The first-order chi connectivity index (χ1) is 59.1. The van der Waals surface area contributed by atoms with Crippen molar-refractivity contribution in [1.82, 2.24) is 74.5 Å². The van der Waals surface area contributed by atoms with Gasteiger partial charge in [-0.15, -0.1) is 0 Å². The lowest BCUT2D eigenvalue weighted by atomic mass is 9.88. The predicted molar refractivity (Wildman–Crippen MR) is 438 cm³/mol. The molecule has 11 heterocycles. The molecule has 0 radical (unpaired) electrons. The van der Waals surface area contributed by atoms with Gasteiger partial charge < -0.3 is 73.7 Å². The summed E-state index contributed by atoms with van der Waals surface area (Å²) in [6.45, 7) is 6.96. The summed E-state index contributed by atoms with van der Waals surface area (Å²) in [7, 11) is 0. The highest BCUT2D eigenvalue weighted by Crippen LogP contribution is 2.51. The maximum absolute atomic E-state index is 12.2. The van der Waals surface area contributed by atoms with Crippen LogP contribution in [0.2, 0.25) is 0 Å². The van der Waals surface area contributed by atoms with E-state index in [0.29, 0.717) is 77.0 Å². The molecule has 9 aromatic rings. The van der Waals surface area contributed by atoms with E-state index in [0.717, 1.165) is 126 Å². The van der Waals surface area contributed by atoms with Crippen LogP contribution in [0.4, 0.5) is 31.8 Å². The van der Waals surface area contributed by atoms with Gasteiger partial charge >= 0.3 is 36.0 Å². The molecule has 6 aromatic heterocycles. The highest BCUT2D eigenvalue weighted by Gasteiger charge is 2.57. The zero-order valence-electron chi connectivity index (χ0n) is 67.7. The van der Waals surface area contributed by atoms with Gasteiger partial charge in [0.2, 0.25) is 0 Å². The number of ether oxygens (including phenoxy) is 8. The number of carbonyl (C=O) groups is 6. The molecule has 18 rings (SSSR count). The van der Waals surface area contributed by atoms with Gasteiger partial charge in [-0.25, -0.2) is 59.2 Å². The van der Waals surface area contributed by atoms with Gasteiger partial charge in [0.15, 0.2) is 82.3 Å². The molecule has 0 bridgehead atoms. The third kappa shape index (κ3) is 18.6. The van der Waals surface area contributed by atoms with Crippen LogP contribution >= 0.6 is 0 Å². The number of carboxylic acid groups (broad SMARTS) is 3. The van der Waals surface area contributed by atoms with Gasteiger partial charge in [0.1, 0.15) is 49.5 Å². The first kappa shape index (κ1) is 83.6. The average Bonchev–Trinajstić information content (AvgIpc) is 1.60. The summed E-state index contributed by atoms with van der Waals surface area (Å²) in [6.07, 6.45) is 23.6. The zero-order chi connectivity index (χ0) is 83.6. The second-order valence-corrected chi connectivity index (χ2v) is 32.4. The number of aromatic nitrogens is 12. The maximum Gasteiger partial charge on any atom is 0.320 e. The Bertz CT molecular complexity index is 5100. The highest BCUT2D eigenvalue weighted by atomic mass is 16.8. The molecule has 9 N–H and O–H groups in total. The van der Waals surface area contributed by atoms with Crippen molar-refractivity contribution in [2.75, 3.05) is 35.6 Å². The molecule has 0 spiro atoms. The molecule has 18 unspecified atom stereocenters. The topological polar surface area (TPSA) is 440 Å². The van der Waals surface area contributed by atoms with Crippen LogP contribution in [0.5, 0.6) is 0 Å². The van der Waals surface area contributed by atoms with E-state index < -0.39 is 61.4 Å². The van der Waals surface area contributed by atoms with Gasteiger partial charge in [0.25, 0.3) is 0 Å². The lowest BCUT2D eigenvalue weighted by Crippen LogP contribution is -2.29. The van der Waals surface area contributed by atoms with Gasteiger partial charge in [-0.05, 0) is 140 Å². The van der Waals surface area contributed by atoms with E-state index in [2.05, 4.69) is 76.8 Å². The molecule has 3 aromatic carbocycles. The molecule has 6 amide bonds. The number of urea groups is 3. The van der Waals surface area contributed by atoms with Crippen LogP contribution in [0.25, 0.3) is 39.6 Å². The van der Waals surface area contributed by atoms with E-state index in [-0.39, 0.29) is 102 Å². The Hall–Kier alpha value is -11.1. The number of nitrogens with zero attached hydrogens (tertiary/aromatic N) is 12. The smallest absolute Gasteiger partial charge is 0.320 e. The molecule has 4 aliphatic carbocycles. The molecule has 9 fully saturated rings. The lowest BCUT2D eigenvalue weighted by molar-refractivity contribution is -0.149. The van der Waals surface area contributed by atoms with Crippen LogP contribution in [-0.4, -0.2) is 185 Å². The zero-order valence-corrected chi connectivity index (χ0v) is 67.7. The first-order valence-electron chi connectivity index (χ1n) is 42.5. The number of benzene rings is 3. The Kier molecular flexibility index (Phi) is 26.5. The molecular formula is C86H104N18O17. The largest absolute Gasteiger partial charge is 0.481 e. The van der Waals surface area contributed by atoms with Gasteiger partial charge in [0.05, 0.1) is 61.1 Å². The molecule has 35 heteroatoms. The number of carboxylic acids is 3. The number of imidazole rings is 3. The molecule has 21 atom stereocenters. The molecule has 5 saturated heterocycles. The van der Waals surface area contributed by atoms with Crippen LogP contribution in [0.15, 0.2) is 135 Å². The Balaban J connectivity index is 0.000000135. The van der Waals surface area contributed by atoms with E-state index in [9.17, 15) is 44.1 Å². The molecule has 4 saturated carbocycles. The Morgan fingerprint density at radius 1 is 0.405 bits per heavy atom. The van der Waals surface area contributed by atoms with E-state index in [1.807, 2.05) is 133 Å². The minimum Gasteiger partial charge on any atom is -0.481 e. The van der Waals surface area contributed by atoms with Crippen LogP contribution in [0, 0.1) is 41.4 Å². The fourth-order valence-corrected chi connectivity index (χ4v) is 19.4. The minimum atomic E-state index is -0.716. The summed E-state index contributed by atoms with van der Waals surface area (Å²) in [6, 6.07) is 28.4. The summed E-state index contributed by atoms with van der Waals surface area (Å²) < 4.78 is 57.5. The minimum absolute atomic E-state index is 0.0643. The Morgan fingerprint density at radius 2 is 0.793 bits per heavy atom. The summed E-state index contributed by atoms with van der Waals surface area (Å²) in [5, 5.41) is 45.1. The number of anilines is 3. The SMILES string of the molecule is CCNC(=O)Nc1ncnc2c1ncn2C1CC(CCCC2CCCC2C(=O)O)C2O[C@H](/C=C/c3ccccc3)OC21.CCNC(=O)Nc1ncnc2c1ncn2C1OC(CCC2CCCC2C(=O)O)C2O[C@H](c3ccccc3)OC21.CCNC(=O)Nc1ncnc2c1ncn2C1OC(CCCC2CCCC2C(=O)O)C2O[C@H](c3ccccc3)OC21. The summed E-state index contributed by atoms with van der Waals surface area (Å²) >= 11 is 0. The van der Waals surface area contributed by atoms with Gasteiger partial charge in [-0.2, -0.15) is 0 Å². The number of hydrogen-bond acceptors (Lipinski definition) is 23. The number of fused-ring (bicyclic) bond motifs is 6. The fraction of sp³-hybridized carbons (Fsp3) is 0.523. The van der Waals surface area contributed by atoms with Crippen molar-refractivity contribution in [2.24, 2.45) is 41.4 Å². The normalized spacial score (nSPS) is 29.4. The van der Waals surface area contributed by atoms with Crippen LogP contribution in [0.1, 0.15) is 184 Å². The highest BCUT2D eigenvalue weighted by molar-refractivity contribution is 5.97. The first-order valence-corrected chi connectivity index (χ1v) is 42.5. The standard InChI is InChI=1S/C31H38N6O5.C28H34N6O6.C27H32N6O6/c1-2-32-31(40)36-28-25-29(34-17-33-28)37(18-35-25)23-16-21(12-6-10-20-11-7-13-22(20)30(38)39)26-27(23)42-24(41-26)15-14-19-8-4-3-5-9-19;1-2-29-28(37)33-23-20-24(31-14-30-23)34(15-32-20)25-22-21(39-27(40-22)17-8-4-3-5-9-17)19(38-25)13-7-11-16-10-6-12-18(16)26(35)36;1-2-28-27(36)32-22-19-23(30-13-29-22)33(14-31-19)24-21-20(38-26(39-21)16-7-4-3-5-8-16)18(37-24)12-11-15-9-6-10-17(15)25(34)35/h3-5,8-9,14-15,17-18,20-24,26-27H,2,6-7,10-13,16H2,1H3,(H,38,39)(H2,32,33,34,36,40);3-5,8-9,14-16,18-19,21-22,25,27H,2,6-7,10-13H2,1H3,(H,35,36)(H2,29,30,31,33,37);3-5,7-8,13-15,17-18,20-21,24,26H,2,6,9-12H2,1H3,(H,34,35)(H2,28,29,30,32,36)/b15-14+;;/t20?,21?,22?,23?,24-,26?,27?;16?,18?,19?,21?,22?,25?,27-;15?,17?,18?,20?,21?,24?,26-/m000/s1. The number of nitrogens with one attached hydrogen (secondary N) is 6. The number of hydrogen-bond donors (Lipinski definition) is 9. The fourth-order valence-electron chi connectivity index (χ4n) is 19.4. The second-order valence-electron chi connectivity index (χ2n) is 32.4. The number of amides is 6. The van der Waals surface area contributed by atoms with Crippen molar-refractivity contribution in [1.29, 1.82) is 0 Å². The monoisotopic (exact) mass is 1660 g/mol. The Morgan fingerprint density at radius 3 is 1.24 bits per heavy atom. The molecule has 5 aliphatic heterocycles. The lowest BCUT2D eigenvalue weighted by Gasteiger charge is -2.23. The van der Waals surface area contributed by atoms with E-state index >= 15 is 0 Å². The van der Waals surface area contributed by atoms with Crippen molar-refractivity contribution in [3.05, 3.63) is 152 Å². The quantitative estimate of drug-likeness (QED) is 0.0231. The molecule has 121 heavy (non-hydrogen) atoms. The molecular weight excluding hydrogens is 1560 g/mol. The second kappa shape index (κ2) is 38.4. The van der Waals surface area contributed by atoms with Crippen molar-refractivity contribution in [3.63, 3.8) is 0 Å². The summed E-state index contributed by atoms with van der Waals surface area (Å²) in [5.74, 6) is -1.06. The third-order valence-corrected chi connectivity index (χ3v) is 25.0. The van der Waals surface area contributed by atoms with Crippen molar-refractivity contribution < 1.29 is 82.0 Å². The average molecular weight is 1660 g/mol. The van der Waals surface area contributed by atoms with E-state index in [4.69, 9.17) is 37.9 Å². The van der Waals surface area contributed by atoms with Crippen molar-refractivity contribution in [3.8, 4) is 0 Å². The number of carbonyl (C=O) groups excluding carboxylic acids is 3. The van der Waals surface area contributed by atoms with Gasteiger partial charge in [-0.1, -0.05) is 129 Å². The molecule has 9 aliphatic rings. The molecule has 640 valence electrons. The van der Waals surface area contributed by atoms with Crippen LogP contribution in [-0.2, 0) is 52.3 Å². The van der Waals surface area contributed by atoms with Crippen molar-refractivity contribution in [2.45, 2.75) is 223 Å². The number of aliphatic carboxylic acids is 3. The Labute approximate surface area is 697 Å². The van der Waals surface area contributed by atoms with E-state index in [1.165, 1.54) is 19.0 Å². The summed E-state index contributed by atoms with van der Waals surface area (Å²) in [5.41, 5.74) is 5.94. The summed E-state index contributed by atoms with van der Waals surface area (Å²) in [4.78, 5) is 111.